The topological polar surface area (TPSA) is 72.9 Å². The Labute approximate surface area is 164 Å². The zero-order valence-corrected chi connectivity index (χ0v) is 17.8. The van der Waals surface area contributed by atoms with Crippen LogP contribution < -0.4 is 4.18 Å². The molecule has 6 nitrogen and oxygen atoms in total. The first kappa shape index (κ1) is 23.4. The summed E-state index contributed by atoms with van der Waals surface area (Å²) >= 11 is 0. The lowest BCUT2D eigenvalue weighted by Crippen LogP contribution is -2.36. The van der Waals surface area contributed by atoms with Crippen molar-refractivity contribution in [3.8, 4) is 5.75 Å². The molecule has 0 bridgehead atoms. The zero-order valence-electron chi connectivity index (χ0n) is 16.9. The third-order valence-corrected chi connectivity index (χ3v) is 4.88. The van der Waals surface area contributed by atoms with Gasteiger partial charge in [-0.05, 0) is 37.0 Å². The van der Waals surface area contributed by atoms with Gasteiger partial charge in [0.25, 0.3) is 0 Å². The van der Waals surface area contributed by atoms with E-state index in [1.165, 1.54) is 0 Å². The number of ether oxygens (including phenoxy) is 1. The standard InChI is InChI=1S/C20H33NO5S/c1-5-7-9-18(6-2)20(22)21(14-8-15-25-3)16-17-10-12-19(13-11-17)26-27(4,23)24/h10-13,18H,5-9,14-16H2,1-4H3/t18-/m0/s1. The lowest BCUT2D eigenvalue weighted by Gasteiger charge is -2.27. The smallest absolute Gasteiger partial charge is 0.306 e. The van der Waals surface area contributed by atoms with E-state index in [9.17, 15) is 13.2 Å². The molecule has 0 saturated carbocycles. The van der Waals surface area contributed by atoms with Crippen molar-refractivity contribution in [3.63, 3.8) is 0 Å². The van der Waals surface area contributed by atoms with Gasteiger partial charge in [-0.3, -0.25) is 4.79 Å². The van der Waals surface area contributed by atoms with Crippen LogP contribution >= 0.6 is 0 Å². The molecule has 154 valence electrons. The molecular formula is C20H33NO5S. The molecule has 0 aromatic heterocycles. The van der Waals surface area contributed by atoms with Crippen LogP contribution in [0, 0.1) is 5.92 Å². The first-order valence-corrected chi connectivity index (χ1v) is 11.4. The second-order valence-electron chi connectivity index (χ2n) is 6.78. The number of benzene rings is 1. The van der Waals surface area contributed by atoms with Crippen molar-refractivity contribution in [1.29, 1.82) is 0 Å². The average molecular weight is 400 g/mol. The van der Waals surface area contributed by atoms with Crippen molar-refractivity contribution in [2.75, 3.05) is 26.5 Å². The van der Waals surface area contributed by atoms with Crippen LogP contribution in [0.25, 0.3) is 0 Å². The number of carbonyl (C=O) groups excluding carboxylic acids is 1. The van der Waals surface area contributed by atoms with Gasteiger partial charge in [0.1, 0.15) is 5.75 Å². The number of carbonyl (C=O) groups is 1. The summed E-state index contributed by atoms with van der Waals surface area (Å²) in [6, 6.07) is 6.82. The maximum atomic E-state index is 13.0. The lowest BCUT2D eigenvalue weighted by molar-refractivity contribution is -0.136. The molecule has 7 heteroatoms. The van der Waals surface area contributed by atoms with Crippen LogP contribution in [-0.2, 0) is 26.2 Å². The normalized spacial score (nSPS) is 12.6. The molecule has 0 aliphatic carbocycles. The van der Waals surface area contributed by atoms with Gasteiger partial charge < -0.3 is 13.8 Å². The summed E-state index contributed by atoms with van der Waals surface area (Å²) in [5, 5.41) is 0. The number of methoxy groups -OCH3 is 1. The van der Waals surface area contributed by atoms with E-state index in [1.807, 2.05) is 4.90 Å². The molecule has 1 aromatic carbocycles. The summed E-state index contributed by atoms with van der Waals surface area (Å²) in [6.45, 7) is 5.93. The van der Waals surface area contributed by atoms with E-state index in [0.29, 0.717) is 19.7 Å². The third kappa shape index (κ3) is 9.24. The Bertz CT molecular complexity index is 657. The highest BCUT2D eigenvalue weighted by Crippen LogP contribution is 2.20. The summed E-state index contributed by atoms with van der Waals surface area (Å²) in [7, 11) is -1.89. The highest BCUT2D eigenvalue weighted by atomic mass is 32.2. The molecule has 0 spiro atoms. The number of hydrogen-bond donors (Lipinski definition) is 0. The molecule has 0 fully saturated rings. The van der Waals surface area contributed by atoms with E-state index in [2.05, 4.69) is 13.8 Å². The zero-order chi connectivity index (χ0) is 20.3. The molecule has 0 saturated heterocycles. The van der Waals surface area contributed by atoms with Crippen LogP contribution in [0.3, 0.4) is 0 Å². The van der Waals surface area contributed by atoms with E-state index in [4.69, 9.17) is 8.92 Å². The van der Waals surface area contributed by atoms with Crippen molar-refractivity contribution in [2.45, 2.75) is 52.5 Å². The number of rotatable bonds is 13. The largest absolute Gasteiger partial charge is 0.385 e. The Morgan fingerprint density at radius 3 is 2.33 bits per heavy atom. The van der Waals surface area contributed by atoms with Crippen molar-refractivity contribution in [2.24, 2.45) is 5.92 Å². The first-order valence-electron chi connectivity index (χ1n) is 9.56. The number of nitrogens with zero attached hydrogens (tertiary/aromatic N) is 1. The fourth-order valence-electron chi connectivity index (χ4n) is 2.92. The van der Waals surface area contributed by atoms with Crippen LogP contribution in [0.4, 0.5) is 0 Å². The second-order valence-corrected chi connectivity index (χ2v) is 8.36. The number of hydrogen-bond acceptors (Lipinski definition) is 5. The van der Waals surface area contributed by atoms with Gasteiger partial charge in [0, 0.05) is 32.7 Å². The molecule has 1 amide bonds. The van der Waals surface area contributed by atoms with Gasteiger partial charge >= 0.3 is 10.1 Å². The Hall–Kier alpha value is -1.60. The van der Waals surface area contributed by atoms with Gasteiger partial charge in [-0.1, -0.05) is 38.8 Å². The van der Waals surface area contributed by atoms with Gasteiger partial charge in [-0.15, -0.1) is 0 Å². The molecule has 0 heterocycles. The molecule has 1 aromatic rings. The van der Waals surface area contributed by atoms with E-state index in [0.717, 1.165) is 43.9 Å². The minimum atomic E-state index is -3.54. The monoisotopic (exact) mass is 399 g/mol. The maximum absolute atomic E-state index is 13.0. The fourth-order valence-corrected chi connectivity index (χ4v) is 3.38. The predicted octanol–water partition coefficient (Wildman–Crippen LogP) is 3.61. The van der Waals surface area contributed by atoms with E-state index in [1.54, 1.807) is 31.4 Å². The highest BCUT2D eigenvalue weighted by Gasteiger charge is 2.22. The van der Waals surface area contributed by atoms with Crippen LogP contribution in [0.1, 0.15) is 51.5 Å². The quantitative estimate of drug-likeness (QED) is 0.374. The minimum absolute atomic E-state index is 0.0420. The Balaban J connectivity index is 2.85. The molecule has 27 heavy (non-hydrogen) atoms. The van der Waals surface area contributed by atoms with Gasteiger partial charge in [0.15, 0.2) is 0 Å². The molecule has 0 aliphatic heterocycles. The van der Waals surface area contributed by atoms with Crippen LogP contribution in [-0.4, -0.2) is 45.7 Å². The number of unbranched alkanes of at least 4 members (excludes halogenated alkanes) is 1. The summed E-state index contributed by atoms with van der Waals surface area (Å²) in [5.74, 6) is 0.492. The summed E-state index contributed by atoms with van der Waals surface area (Å²) < 4.78 is 32.4. The van der Waals surface area contributed by atoms with Gasteiger partial charge in [0.05, 0.1) is 6.26 Å². The molecule has 0 radical (unpaired) electrons. The van der Waals surface area contributed by atoms with Gasteiger partial charge in [-0.2, -0.15) is 8.42 Å². The van der Waals surface area contributed by atoms with E-state index < -0.39 is 10.1 Å². The molecule has 1 atom stereocenters. The van der Waals surface area contributed by atoms with E-state index >= 15 is 0 Å². The Kier molecular flexibility index (Phi) is 10.4. The summed E-state index contributed by atoms with van der Waals surface area (Å²) in [4.78, 5) is 14.9. The third-order valence-electron chi connectivity index (χ3n) is 4.38. The Morgan fingerprint density at radius 2 is 1.81 bits per heavy atom. The van der Waals surface area contributed by atoms with Crippen LogP contribution in [0.2, 0.25) is 0 Å². The molecule has 0 N–H and O–H groups in total. The minimum Gasteiger partial charge on any atom is -0.385 e. The Morgan fingerprint density at radius 1 is 1.15 bits per heavy atom. The van der Waals surface area contributed by atoms with Crippen LogP contribution in [0.15, 0.2) is 24.3 Å². The molecule has 0 unspecified atom stereocenters. The van der Waals surface area contributed by atoms with Crippen molar-refractivity contribution in [1.82, 2.24) is 4.90 Å². The van der Waals surface area contributed by atoms with Gasteiger partial charge in [-0.25, -0.2) is 0 Å². The lowest BCUT2D eigenvalue weighted by atomic mass is 9.97. The highest BCUT2D eigenvalue weighted by molar-refractivity contribution is 7.86. The number of amides is 1. The van der Waals surface area contributed by atoms with E-state index in [-0.39, 0.29) is 17.6 Å². The first-order chi connectivity index (χ1) is 12.8. The average Bonchev–Trinajstić information content (AvgIpc) is 2.61. The fraction of sp³-hybridized carbons (Fsp3) is 0.650. The van der Waals surface area contributed by atoms with Crippen molar-refractivity contribution >= 4 is 16.0 Å². The SMILES string of the molecule is CCCC[C@H](CC)C(=O)N(CCCOC)Cc1ccc(OS(C)(=O)=O)cc1. The molecule has 1 rings (SSSR count). The predicted molar refractivity (Wildman–Crippen MR) is 107 cm³/mol. The summed E-state index contributed by atoms with van der Waals surface area (Å²) in [5.41, 5.74) is 0.937. The van der Waals surface area contributed by atoms with Crippen LogP contribution in [0.5, 0.6) is 5.75 Å². The maximum Gasteiger partial charge on any atom is 0.306 e. The van der Waals surface area contributed by atoms with Gasteiger partial charge in [0.2, 0.25) is 5.91 Å². The molecule has 0 aliphatic rings. The van der Waals surface area contributed by atoms with Crippen molar-refractivity contribution in [3.05, 3.63) is 29.8 Å². The van der Waals surface area contributed by atoms with Crippen molar-refractivity contribution < 1.29 is 22.1 Å². The molecular weight excluding hydrogens is 366 g/mol. The second kappa shape index (κ2) is 12.0. The summed E-state index contributed by atoms with van der Waals surface area (Å²) in [6.07, 6.45) is 5.66.